The zero-order valence-electron chi connectivity index (χ0n) is 54.1. The number of rotatable bonds is 21. The van der Waals surface area contributed by atoms with Crippen LogP contribution < -0.4 is 49.9 Å². The van der Waals surface area contributed by atoms with E-state index < -0.39 is 53.5 Å². The molecule has 11 rings (SSSR count). The summed E-state index contributed by atoms with van der Waals surface area (Å²) in [4.78, 5) is 86.2. The minimum Gasteiger partial charge on any atom is -0.494 e. The van der Waals surface area contributed by atoms with E-state index in [1.165, 1.54) is 74.3 Å². The number of azo groups is 2. The molecule has 6 N–H and O–H groups in total. The van der Waals surface area contributed by atoms with Gasteiger partial charge in [-0.3, -0.25) is 23.5 Å². The molecule has 3 amide bonds. The number of piperidine rings is 2. The number of methoxy groups -OCH3 is 2. The van der Waals surface area contributed by atoms with E-state index in [1.54, 1.807) is 19.2 Å². The smallest absolute Gasteiger partial charge is 0.357 e. The lowest BCUT2D eigenvalue weighted by Gasteiger charge is -2.38. The standard InChI is InChI=1S/C63H69N17O13S5/c1-7-77(8-2)46-32-42(44(34-48(46)91-5)73-75-62-68-54(79-24-16-10-17-25-79)50(95-62)30-38(37(4)81)56(82)64-40-20-12-14-22-52(40)97(85,86)87)66-59-70-60-67-43-33-47(78(9-3)36-93-28-29-94-61(71-59)72-60)49(92-6)35-45(43)74-76-63-69-55-51(96-63)31-39(58(84)80(55)26-18-11-19-27-80)57(83)65-41-21-13-15-23-53(41)98(88,89)90/h12-15,20-23,30-35H,7-11,16-19,24-29,36H2,1-6H3,(H5-,64,65,66,67,68,69,70,71,72,75,76,81,82,83,84,85,86,87,88,89,90)/p+1. The fourth-order valence-electron chi connectivity index (χ4n) is 11.6. The predicted octanol–water partition coefficient (Wildman–Crippen LogP) is 12.0. The largest absolute Gasteiger partial charge is 0.494 e. The average Bonchev–Trinajstić information content (AvgIpc) is 1.40. The number of fused-ring (bicyclic) bond motifs is 6. The summed E-state index contributed by atoms with van der Waals surface area (Å²) in [6.45, 7) is 11.4. The van der Waals surface area contributed by atoms with E-state index in [9.17, 15) is 45.1 Å². The van der Waals surface area contributed by atoms with Crippen molar-refractivity contribution in [3.8, 4) is 11.5 Å². The first-order valence-corrected chi connectivity index (χ1v) is 36.8. The third kappa shape index (κ3) is 15.5. The number of hydrogen-bond acceptors (Lipinski definition) is 28. The Kier molecular flexibility index (Phi) is 21.7. The number of ketones is 1. The predicted molar refractivity (Wildman–Crippen MR) is 376 cm³/mol. The van der Waals surface area contributed by atoms with Gasteiger partial charge in [-0.25, -0.2) is 9.28 Å². The van der Waals surface area contributed by atoms with Crippen molar-refractivity contribution in [3.05, 3.63) is 93.7 Å². The van der Waals surface area contributed by atoms with Crippen molar-refractivity contribution < 1.29 is 59.3 Å². The first-order chi connectivity index (χ1) is 47.1. The summed E-state index contributed by atoms with van der Waals surface area (Å²) < 4.78 is 86.7. The van der Waals surface area contributed by atoms with E-state index >= 15 is 0 Å². The third-order valence-corrected chi connectivity index (χ3v) is 20.9. The summed E-state index contributed by atoms with van der Waals surface area (Å²) in [5.41, 5.74) is 1.70. The Morgan fingerprint density at radius 2 is 1.41 bits per heavy atom. The van der Waals surface area contributed by atoms with Gasteiger partial charge in [0.2, 0.25) is 22.2 Å². The van der Waals surface area contributed by atoms with E-state index in [1.807, 2.05) is 42.7 Å². The molecule has 514 valence electrons. The molecule has 0 saturated carbocycles. The first-order valence-electron chi connectivity index (χ1n) is 31.3. The van der Waals surface area contributed by atoms with E-state index in [4.69, 9.17) is 49.4 Å². The Hall–Kier alpha value is -9.20. The van der Waals surface area contributed by atoms with Crippen LogP contribution in [0.4, 0.5) is 79.3 Å². The number of thioether (sulfide) groups is 1. The quantitative estimate of drug-likeness (QED) is 0.00972. The Morgan fingerprint density at radius 1 is 0.765 bits per heavy atom. The number of amides is 3. The zero-order valence-corrected chi connectivity index (χ0v) is 58.2. The van der Waals surface area contributed by atoms with Crippen molar-refractivity contribution in [2.45, 2.75) is 81.2 Å². The summed E-state index contributed by atoms with van der Waals surface area (Å²) in [5, 5.41) is 31.3. The number of para-hydroxylation sites is 2. The highest BCUT2D eigenvalue weighted by Crippen LogP contribution is 2.47. The Labute approximate surface area is 576 Å². The number of benzene rings is 4. The molecule has 4 aromatic carbocycles. The second-order valence-corrected chi connectivity index (χ2v) is 28.5. The summed E-state index contributed by atoms with van der Waals surface area (Å²) in [6.07, 6.45) is 7.71. The number of carbonyl (C=O) groups excluding carboxylic acids is 4. The zero-order chi connectivity index (χ0) is 69.5. The molecule has 35 heteroatoms. The number of aromatic nitrogens is 5. The number of ether oxygens (including phenoxy) is 3. The van der Waals surface area contributed by atoms with Crippen LogP contribution in [-0.4, -0.2) is 153 Å². The number of carbonyl (C=O) groups is 4. The summed E-state index contributed by atoms with van der Waals surface area (Å²) in [5.74, 6) is -0.523. The fourth-order valence-corrected chi connectivity index (χ4v) is 15.4. The number of anilines is 9. The molecular formula is C63H70N17O13S5+. The molecule has 2 fully saturated rings. The lowest BCUT2D eigenvalue weighted by Crippen LogP contribution is -2.60. The molecule has 1 spiro atoms. The van der Waals surface area contributed by atoms with Crippen molar-refractivity contribution >= 4 is 170 Å². The van der Waals surface area contributed by atoms with E-state index in [2.05, 4.69) is 36.4 Å². The molecule has 4 aliphatic heterocycles. The van der Waals surface area contributed by atoms with Crippen LogP contribution in [0.3, 0.4) is 0 Å². The molecule has 4 bridgehead atoms. The minimum absolute atomic E-state index is 0.0877. The molecule has 4 aliphatic rings. The maximum absolute atomic E-state index is 14.6. The van der Waals surface area contributed by atoms with Crippen LogP contribution in [0.1, 0.15) is 76.0 Å². The Morgan fingerprint density at radius 3 is 2.06 bits per heavy atom. The van der Waals surface area contributed by atoms with E-state index in [0.717, 1.165) is 60.5 Å². The maximum atomic E-state index is 14.6. The van der Waals surface area contributed by atoms with Gasteiger partial charge in [-0.05, 0) is 115 Å². The molecule has 98 heavy (non-hydrogen) atoms. The highest BCUT2D eigenvalue weighted by molar-refractivity contribution is 7.99. The highest BCUT2D eigenvalue weighted by Gasteiger charge is 2.51. The Bertz CT molecular complexity index is 4600. The van der Waals surface area contributed by atoms with Gasteiger partial charge in [0.15, 0.2) is 10.9 Å². The second kappa shape index (κ2) is 30.3. The molecule has 30 nitrogen and oxygen atoms in total. The molecule has 2 saturated heterocycles. The molecule has 0 radical (unpaired) electrons. The number of quaternary nitrogens is 1. The van der Waals surface area contributed by atoms with Gasteiger partial charge in [-0.1, -0.05) is 58.7 Å². The number of hydrogen-bond donors (Lipinski definition) is 6. The first kappa shape index (κ1) is 70.1. The van der Waals surface area contributed by atoms with Gasteiger partial charge >= 0.3 is 5.91 Å². The van der Waals surface area contributed by atoms with Crippen LogP contribution >= 0.6 is 34.4 Å². The fraction of sp³-hybridized carbons (Fsp3) is 0.349. The lowest BCUT2D eigenvalue weighted by molar-refractivity contribution is -0.129. The van der Waals surface area contributed by atoms with Gasteiger partial charge in [0.25, 0.3) is 37.9 Å². The average molecular weight is 1430 g/mol. The lowest BCUT2D eigenvalue weighted by atomic mass is 10.00. The van der Waals surface area contributed by atoms with Crippen molar-refractivity contribution in [2.24, 2.45) is 20.5 Å². The minimum atomic E-state index is -4.74. The second-order valence-electron chi connectivity index (χ2n) is 22.6. The van der Waals surface area contributed by atoms with E-state index in [0.29, 0.717) is 132 Å². The van der Waals surface area contributed by atoms with Crippen molar-refractivity contribution in [1.82, 2.24) is 29.4 Å². The molecule has 0 aliphatic carbocycles. The molecule has 7 aromatic rings. The normalized spacial score (nSPS) is 15.9. The van der Waals surface area contributed by atoms with Crippen LogP contribution in [0.25, 0.3) is 12.2 Å². The van der Waals surface area contributed by atoms with Gasteiger partial charge in [0.1, 0.15) is 55.7 Å². The van der Waals surface area contributed by atoms with Gasteiger partial charge in [-0.2, -0.15) is 41.8 Å². The number of nitrogens with zero attached hydrogens (tertiary/aromatic N) is 13. The molecule has 0 unspecified atom stereocenters. The van der Waals surface area contributed by atoms with Crippen molar-refractivity contribution in [3.63, 3.8) is 0 Å². The van der Waals surface area contributed by atoms with E-state index in [-0.39, 0.29) is 67.3 Å². The SMILES string of the molecule is CCN(CC)c1cc(Nc2nc3nc(n2)SCCOCN(CC)c2cc(c(N=Nc4nc5c(s4)C=C(C(=O)Nc4ccccc4S(=O)(=O)O)C(=O)[N+]54CCCCC4)cc2OC)N3)c(N=Nc2nc(N3CCCCC3)c(C=C(C(C)=O)C(=O)Nc3ccccc3S(=O)(=O)O)s2)cc1OC. The van der Waals surface area contributed by atoms with Crippen LogP contribution in [0, 0.1) is 0 Å². The summed E-state index contributed by atoms with van der Waals surface area (Å²) in [6, 6.07) is 17.7. The summed E-state index contributed by atoms with van der Waals surface area (Å²) in [7, 11) is -6.40. The van der Waals surface area contributed by atoms with Crippen LogP contribution in [0.15, 0.2) is 119 Å². The monoisotopic (exact) mass is 1430 g/mol. The van der Waals surface area contributed by atoms with Crippen molar-refractivity contribution in [1.29, 1.82) is 0 Å². The highest BCUT2D eigenvalue weighted by atomic mass is 32.2. The molecule has 3 aromatic heterocycles. The molecular weight excluding hydrogens is 1360 g/mol. The van der Waals surface area contributed by atoms with Crippen LogP contribution in [-0.2, 0) is 44.2 Å². The number of thiazole rings is 2. The molecule has 0 atom stereocenters. The van der Waals surface area contributed by atoms with Gasteiger partial charge in [-0.15, -0.1) is 20.5 Å². The Balaban J connectivity index is 0.956. The number of nitrogens with one attached hydrogen (secondary N) is 4. The van der Waals surface area contributed by atoms with Gasteiger partial charge in [0, 0.05) is 50.6 Å². The maximum Gasteiger partial charge on any atom is 0.357 e. The van der Waals surface area contributed by atoms with Gasteiger partial charge < -0.3 is 50.2 Å². The van der Waals surface area contributed by atoms with Gasteiger partial charge in [0.05, 0.1) is 78.5 Å². The van der Waals surface area contributed by atoms with Crippen LogP contribution in [0.5, 0.6) is 11.5 Å². The third-order valence-electron chi connectivity index (χ3n) is 16.5. The summed E-state index contributed by atoms with van der Waals surface area (Å²) >= 11 is 3.51. The molecule has 7 heterocycles. The van der Waals surface area contributed by atoms with Crippen LogP contribution in [0.2, 0.25) is 0 Å². The van der Waals surface area contributed by atoms with Crippen molar-refractivity contribution in [2.75, 3.05) is 115 Å². The number of Topliss-reactive ketones (excluding diaryl/α,β-unsaturated/α-hetero) is 1. The topological polar surface area (TPSA) is 376 Å².